The van der Waals surface area contributed by atoms with Gasteiger partial charge in [0.05, 0.1) is 17.4 Å². The third-order valence-corrected chi connectivity index (χ3v) is 6.72. The summed E-state index contributed by atoms with van der Waals surface area (Å²) in [5.41, 5.74) is 3.14. The average molecular weight is 560 g/mol. The van der Waals surface area contributed by atoms with Crippen molar-refractivity contribution in [2.45, 2.75) is 38.9 Å². The van der Waals surface area contributed by atoms with Crippen molar-refractivity contribution < 1.29 is 19.4 Å². The van der Waals surface area contributed by atoms with E-state index in [0.29, 0.717) is 29.2 Å². The standard InChI is InChI=1S/C29H26BrN3O4/c1-29(2)16-15-25-27(37-29)14-12-24(28(25)35)26(34)13-5-19-3-10-23(11-4-19)36-18-21-17-33(32-31-21)22-8-6-20(30)7-9-22/h3-14,17,35H,15-16,18H2,1-2H3/b13-5+. The number of ketones is 1. The van der Waals surface area contributed by atoms with Gasteiger partial charge in [0.1, 0.15) is 35.2 Å². The number of aromatic hydroxyl groups is 1. The summed E-state index contributed by atoms with van der Waals surface area (Å²) < 4.78 is 14.5. The molecule has 0 radical (unpaired) electrons. The quantitative estimate of drug-likeness (QED) is 0.211. The predicted molar refractivity (Wildman–Crippen MR) is 144 cm³/mol. The predicted octanol–water partition coefficient (Wildman–Crippen LogP) is 6.31. The smallest absolute Gasteiger partial charge is 0.189 e. The molecule has 0 unspecified atom stereocenters. The first-order chi connectivity index (χ1) is 17.8. The zero-order chi connectivity index (χ0) is 26.0. The summed E-state index contributed by atoms with van der Waals surface area (Å²) in [5.74, 6) is 1.06. The molecule has 1 N–H and O–H groups in total. The van der Waals surface area contributed by atoms with Crippen LogP contribution in [-0.4, -0.2) is 31.5 Å². The molecule has 1 aliphatic heterocycles. The van der Waals surface area contributed by atoms with Gasteiger partial charge in [0.25, 0.3) is 0 Å². The van der Waals surface area contributed by atoms with Crippen LogP contribution in [0.25, 0.3) is 11.8 Å². The lowest BCUT2D eigenvalue weighted by molar-refractivity contribution is 0.0836. The number of ether oxygens (including phenoxy) is 2. The molecular weight excluding hydrogens is 534 g/mol. The second-order valence-corrected chi connectivity index (χ2v) is 10.4. The minimum absolute atomic E-state index is 0.00321. The van der Waals surface area contributed by atoms with Crippen LogP contribution in [0, 0.1) is 0 Å². The van der Waals surface area contributed by atoms with Gasteiger partial charge in [-0.1, -0.05) is 39.4 Å². The fraction of sp³-hybridized carbons (Fsp3) is 0.207. The van der Waals surface area contributed by atoms with Gasteiger partial charge in [-0.2, -0.15) is 0 Å². The molecule has 0 saturated carbocycles. The van der Waals surface area contributed by atoms with E-state index in [1.54, 1.807) is 22.9 Å². The van der Waals surface area contributed by atoms with E-state index in [1.807, 2.05) is 68.6 Å². The molecule has 2 heterocycles. The molecule has 1 aromatic heterocycles. The minimum atomic E-state index is -0.279. The number of allylic oxidation sites excluding steroid dienone is 1. The van der Waals surface area contributed by atoms with Gasteiger partial charge >= 0.3 is 0 Å². The second-order valence-electron chi connectivity index (χ2n) is 9.49. The van der Waals surface area contributed by atoms with E-state index in [1.165, 1.54) is 6.08 Å². The number of rotatable bonds is 7. The van der Waals surface area contributed by atoms with Crippen molar-refractivity contribution in [3.8, 4) is 22.9 Å². The van der Waals surface area contributed by atoms with Crippen molar-refractivity contribution in [1.82, 2.24) is 15.0 Å². The maximum atomic E-state index is 12.8. The van der Waals surface area contributed by atoms with Gasteiger partial charge in [0, 0.05) is 10.0 Å². The Hall–Kier alpha value is -3.91. The first-order valence-electron chi connectivity index (χ1n) is 11.9. The molecule has 0 amide bonds. The SMILES string of the molecule is CC1(C)CCc2c(ccc(C(=O)/C=C/c3ccc(OCc4cn(-c5ccc(Br)cc5)nn4)cc3)c2O)O1. The van der Waals surface area contributed by atoms with Gasteiger partial charge < -0.3 is 14.6 Å². The molecule has 0 aliphatic carbocycles. The van der Waals surface area contributed by atoms with Gasteiger partial charge in [-0.05, 0) is 86.9 Å². The highest BCUT2D eigenvalue weighted by atomic mass is 79.9. The number of hydrogen-bond donors (Lipinski definition) is 1. The lowest BCUT2D eigenvalue weighted by Crippen LogP contribution is -2.32. The lowest BCUT2D eigenvalue weighted by atomic mass is 9.91. The Balaban J connectivity index is 1.19. The fourth-order valence-corrected chi connectivity index (χ4v) is 4.37. The van der Waals surface area contributed by atoms with E-state index in [2.05, 4.69) is 26.2 Å². The number of nitrogens with zero attached hydrogens (tertiary/aromatic N) is 3. The van der Waals surface area contributed by atoms with Crippen molar-refractivity contribution in [3.63, 3.8) is 0 Å². The van der Waals surface area contributed by atoms with E-state index in [-0.39, 0.29) is 29.3 Å². The van der Waals surface area contributed by atoms with Crippen LogP contribution in [0.4, 0.5) is 0 Å². The van der Waals surface area contributed by atoms with Crippen molar-refractivity contribution in [1.29, 1.82) is 0 Å². The topological polar surface area (TPSA) is 86.5 Å². The number of carbonyl (C=O) groups is 1. The molecule has 0 spiro atoms. The minimum Gasteiger partial charge on any atom is -0.507 e. The first-order valence-corrected chi connectivity index (χ1v) is 12.7. The van der Waals surface area contributed by atoms with Gasteiger partial charge in [0.2, 0.25) is 0 Å². The monoisotopic (exact) mass is 559 g/mol. The van der Waals surface area contributed by atoms with Crippen molar-refractivity contribution in [3.05, 3.63) is 99.8 Å². The number of phenols is 1. The van der Waals surface area contributed by atoms with E-state index in [0.717, 1.165) is 22.1 Å². The zero-order valence-corrected chi connectivity index (χ0v) is 22.1. The number of benzene rings is 3. The molecule has 3 aromatic carbocycles. The van der Waals surface area contributed by atoms with Crippen LogP contribution in [0.1, 0.15) is 47.4 Å². The van der Waals surface area contributed by atoms with Gasteiger partial charge in [0.15, 0.2) is 5.78 Å². The van der Waals surface area contributed by atoms with Crippen molar-refractivity contribution in [2.75, 3.05) is 0 Å². The number of halogens is 1. The molecule has 37 heavy (non-hydrogen) atoms. The number of fused-ring (bicyclic) bond motifs is 1. The molecule has 0 fully saturated rings. The highest BCUT2D eigenvalue weighted by molar-refractivity contribution is 9.10. The van der Waals surface area contributed by atoms with Gasteiger partial charge in [-0.25, -0.2) is 4.68 Å². The molecule has 1 aliphatic rings. The van der Waals surface area contributed by atoms with E-state index in [9.17, 15) is 9.90 Å². The molecule has 4 aromatic rings. The zero-order valence-electron chi connectivity index (χ0n) is 20.5. The molecule has 0 saturated heterocycles. The van der Waals surface area contributed by atoms with E-state index >= 15 is 0 Å². The molecule has 7 nitrogen and oxygen atoms in total. The molecule has 5 rings (SSSR count). The maximum absolute atomic E-state index is 12.8. The number of hydrogen-bond acceptors (Lipinski definition) is 6. The maximum Gasteiger partial charge on any atom is 0.189 e. The number of phenolic OH excluding ortho intramolecular Hbond substituents is 1. The third-order valence-electron chi connectivity index (χ3n) is 6.19. The van der Waals surface area contributed by atoms with Crippen LogP contribution < -0.4 is 9.47 Å². The van der Waals surface area contributed by atoms with Crippen LogP contribution in [-0.2, 0) is 13.0 Å². The molecule has 188 valence electrons. The summed E-state index contributed by atoms with van der Waals surface area (Å²) in [6, 6.07) is 18.6. The van der Waals surface area contributed by atoms with Crippen molar-refractivity contribution >= 4 is 27.8 Å². The second kappa shape index (κ2) is 10.2. The molecule has 0 atom stereocenters. The third kappa shape index (κ3) is 5.75. The summed E-state index contributed by atoms with van der Waals surface area (Å²) in [7, 11) is 0. The Morgan fingerprint density at radius 2 is 1.89 bits per heavy atom. The number of aromatic nitrogens is 3. The first kappa shape index (κ1) is 24.8. The van der Waals surface area contributed by atoms with Crippen LogP contribution in [0.2, 0.25) is 0 Å². The Morgan fingerprint density at radius 3 is 2.65 bits per heavy atom. The van der Waals surface area contributed by atoms with Crippen LogP contribution >= 0.6 is 15.9 Å². The van der Waals surface area contributed by atoms with E-state index < -0.39 is 0 Å². The highest BCUT2D eigenvalue weighted by Gasteiger charge is 2.29. The van der Waals surface area contributed by atoms with Crippen molar-refractivity contribution in [2.24, 2.45) is 0 Å². The van der Waals surface area contributed by atoms with Crippen LogP contribution in [0.3, 0.4) is 0 Å². The lowest BCUT2D eigenvalue weighted by Gasteiger charge is -2.33. The van der Waals surface area contributed by atoms with Gasteiger partial charge in [-0.3, -0.25) is 4.79 Å². The van der Waals surface area contributed by atoms with E-state index in [4.69, 9.17) is 9.47 Å². The summed E-state index contributed by atoms with van der Waals surface area (Å²) in [6.07, 6.45) is 6.45. The van der Waals surface area contributed by atoms with Crippen LogP contribution in [0.15, 0.2) is 77.4 Å². The normalized spacial score (nSPS) is 14.2. The Labute approximate surface area is 223 Å². The number of carbonyl (C=O) groups excluding carboxylic acids is 1. The summed E-state index contributed by atoms with van der Waals surface area (Å²) >= 11 is 3.42. The molecular formula is C29H26BrN3O4. The summed E-state index contributed by atoms with van der Waals surface area (Å²) in [4.78, 5) is 12.8. The average Bonchev–Trinajstić information content (AvgIpc) is 3.36. The highest BCUT2D eigenvalue weighted by Crippen LogP contribution is 2.40. The summed E-state index contributed by atoms with van der Waals surface area (Å²) in [6.45, 7) is 4.31. The Bertz CT molecular complexity index is 1460. The Kier molecular flexibility index (Phi) is 6.84. The van der Waals surface area contributed by atoms with Crippen LogP contribution in [0.5, 0.6) is 17.2 Å². The molecule has 0 bridgehead atoms. The van der Waals surface area contributed by atoms with Gasteiger partial charge in [-0.15, -0.1) is 5.10 Å². The molecule has 8 heteroatoms. The fourth-order valence-electron chi connectivity index (χ4n) is 4.11. The summed E-state index contributed by atoms with van der Waals surface area (Å²) in [5, 5.41) is 19.0. The Morgan fingerprint density at radius 1 is 1.14 bits per heavy atom. The largest absolute Gasteiger partial charge is 0.507 e.